The van der Waals surface area contributed by atoms with Gasteiger partial charge >= 0.3 is 41.9 Å². The molecule has 4 aliphatic rings. The van der Waals surface area contributed by atoms with Gasteiger partial charge in [-0.2, -0.15) is 0 Å². The van der Waals surface area contributed by atoms with Crippen LogP contribution in [0.25, 0.3) is 0 Å². The van der Waals surface area contributed by atoms with Gasteiger partial charge in [0, 0.05) is 10.8 Å². The third-order valence-corrected chi connectivity index (χ3v) is 11.6. The summed E-state index contributed by atoms with van der Waals surface area (Å²) >= 11 is 1.74. The molecule has 52 heavy (non-hydrogen) atoms. The SMILES string of the molecule is CC1[CH-]C2=CCCCC(c3ccccc3)(c3ccccc3)C2C1.CC1[CH-]C2=CCCCC(c3ccccc3)(c3ccccc3)C2C1.C[Si](C)=[Zr+2].[Cl-].[Cl-]. The van der Waals surface area contributed by atoms with Crippen molar-refractivity contribution >= 4 is 5.43 Å². The molecule has 0 bridgehead atoms. The zero-order valence-electron chi connectivity index (χ0n) is 31.6. The van der Waals surface area contributed by atoms with Crippen molar-refractivity contribution in [3.63, 3.8) is 0 Å². The third kappa shape index (κ3) is 9.34. The molecule has 2 saturated carbocycles. The molecule has 0 heterocycles. The molecule has 4 unspecified atom stereocenters. The summed E-state index contributed by atoms with van der Waals surface area (Å²) in [5.41, 5.74) is 9.64. The van der Waals surface area contributed by atoms with Crippen LogP contribution in [0.5, 0.6) is 0 Å². The van der Waals surface area contributed by atoms with Crippen molar-refractivity contribution in [1.82, 2.24) is 0 Å². The number of rotatable bonds is 4. The molecule has 0 amide bonds. The van der Waals surface area contributed by atoms with Crippen molar-refractivity contribution in [2.24, 2.45) is 23.7 Å². The molecule has 0 nitrogen and oxygen atoms in total. The molecule has 4 aromatic rings. The zero-order chi connectivity index (χ0) is 35.0. The van der Waals surface area contributed by atoms with Crippen LogP contribution in [0.2, 0.25) is 13.1 Å². The Hall–Kier alpha value is -2.22. The first-order chi connectivity index (χ1) is 24.3. The van der Waals surface area contributed by atoms with Gasteiger partial charge in [0.25, 0.3) is 0 Å². The minimum absolute atomic E-state index is 0. The van der Waals surface area contributed by atoms with E-state index in [1.165, 1.54) is 73.6 Å². The molecule has 4 aromatic carbocycles. The Labute approximate surface area is 343 Å². The van der Waals surface area contributed by atoms with E-state index in [1.807, 2.05) is 0 Å². The average molecular weight is 823 g/mol. The Morgan fingerprint density at radius 3 is 1.06 bits per heavy atom. The van der Waals surface area contributed by atoms with Gasteiger partial charge in [0.1, 0.15) is 0 Å². The molecule has 0 radical (unpaired) electrons. The molecule has 0 aromatic heterocycles. The normalized spacial score (nSPS) is 23.4. The zero-order valence-corrected chi connectivity index (χ0v) is 36.5. The summed E-state index contributed by atoms with van der Waals surface area (Å²) in [5, 5.41) is 0. The Bertz CT molecular complexity index is 1530. The first kappa shape index (κ1) is 42.5. The first-order valence-electron chi connectivity index (χ1n) is 19.2. The standard InChI is InChI=1S/2C23H25.C2H6Si.2ClH.Zr/c2*1-18-16-19-10-8-9-15-23(22(19)17-18,20-11-4-2-5-12-20)21-13-6-3-7-14-21;1-3-2;;;/h2*2-7,10-14,16,18,22H,8-9,15,17H2,1H3;1-2H3;2*1H;/q2*-1;;;;+2/p-2. The van der Waals surface area contributed by atoms with E-state index in [0.717, 1.165) is 0 Å². The summed E-state index contributed by atoms with van der Waals surface area (Å²) in [5.74, 6) is 2.61. The fourth-order valence-electron chi connectivity index (χ4n) is 9.74. The maximum Gasteiger partial charge on any atom is -1.00 e. The Morgan fingerprint density at radius 2 is 0.788 bits per heavy atom. The fraction of sp³-hybridized carbons (Fsp3) is 0.375. The maximum atomic E-state index is 2.52. The van der Waals surface area contributed by atoms with Crippen molar-refractivity contribution in [3.05, 3.63) is 180 Å². The van der Waals surface area contributed by atoms with Crippen LogP contribution in [0, 0.1) is 36.5 Å². The third-order valence-electron chi connectivity index (χ3n) is 11.6. The molecule has 0 spiro atoms. The number of allylic oxidation sites excluding steroid dienone is 4. The summed E-state index contributed by atoms with van der Waals surface area (Å²) < 4.78 is 0. The molecule has 0 saturated heterocycles. The summed E-state index contributed by atoms with van der Waals surface area (Å²) in [7, 11) is 0. The van der Waals surface area contributed by atoms with E-state index in [9.17, 15) is 0 Å². The molecule has 8 rings (SSSR count). The Balaban J connectivity index is 0.000000204. The summed E-state index contributed by atoms with van der Waals surface area (Å²) in [4.78, 5) is 0. The summed E-state index contributed by atoms with van der Waals surface area (Å²) in [6.45, 7) is 9.36. The minimum Gasteiger partial charge on any atom is -1.00 e. The second-order valence-corrected chi connectivity index (χ2v) is 24.8. The van der Waals surface area contributed by atoms with E-state index in [0.29, 0.717) is 23.7 Å². The second-order valence-electron chi connectivity index (χ2n) is 15.5. The smallest absolute Gasteiger partial charge is 1.00 e. The van der Waals surface area contributed by atoms with Crippen molar-refractivity contribution < 1.29 is 48.1 Å². The largest absolute Gasteiger partial charge is 1.00 e. The van der Waals surface area contributed by atoms with Crippen LogP contribution in [0.3, 0.4) is 0 Å². The van der Waals surface area contributed by atoms with E-state index < -0.39 is 0 Å². The second kappa shape index (κ2) is 19.9. The first-order valence-corrected chi connectivity index (χ1v) is 25.4. The number of fused-ring (bicyclic) bond motifs is 2. The predicted molar refractivity (Wildman–Crippen MR) is 212 cm³/mol. The number of hydrogen-bond acceptors (Lipinski definition) is 0. The fourth-order valence-corrected chi connectivity index (χ4v) is 9.74. The molecule has 4 aliphatic carbocycles. The average Bonchev–Trinajstić information content (AvgIpc) is 3.59. The molecular formula is C48H56Cl2SiZr-2. The van der Waals surface area contributed by atoms with Gasteiger partial charge in [-0.3, -0.25) is 0 Å². The van der Waals surface area contributed by atoms with Gasteiger partial charge in [-0.25, -0.2) is 36.1 Å². The van der Waals surface area contributed by atoms with Crippen LogP contribution in [0.15, 0.2) is 145 Å². The molecule has 4 atom stereocenters. The summed E-state index contributed by atoms with van der Waals surface area (Å²) in [6.07, 6.45) is 20.1. The Morgan fingerprint density at radius 1 is 0.519 bits per heavy atom. The van der Waals surface area contributed by atoms with E-state index in [4.69, 9.17) is 0 Å². The van der Waals surface area contributed by atoms with Gasteiger partial charge in [0.15, 0.2) is 0 Å². The predicted octanol–water partition coefficient (Wildman–Crippen LogP) is 6.68. The van der Waals surface area contributed by atoms with Crippen molar-refractivity contribution in [2.75, 3.05) is 0 Å². The van der Waals surface area contributed by atoms with Crippen LogP contribution in [0.1, 0.15) is 87.5 Å². The van der Waals surface area contributed by atoms with E-state index in [2.05, 4.69) is 173 Å². The van der Waals surface area contributed by atoms with E-state index >= 15 is 0 Å². The molecule has 0 aliphatic heterocycles. The number of hydrogen-bond donors (Lipinski definition) is 0. The van der Waals surface area contributed by atoms with E-state index in [1.54, 1.807) is 34.5 Å². The van der Waals surface area contributed by atoms with Crippen LogP contribution in [-0.4, -0.2) is 5.43 Å². The van der Waals surface area contributed by atoms with Crippen molar-refractivity contribution in [3.8, 4) is 0 Å². The monoisotopic (exact) mass is 820 g/mol. The van der Waals surface area contributed by atoms with Gasteiger partial charge in [-0.05, 0) is 46.9 Å². The van der Waals surface area contributed by atoms with Crippen LogP contribution >= 0.6 is 0 Å². The molecule has 4 heteroatoms. The van der Waals surface area contributed by atoms with E-state index in [-0.39, 0.29) is 41.1 Å². The van der Waals surface area contributed by atoms with Crippen molar-refractivity contribution in [1.29, 1.82) is 0 Å². The molecular weight excluding hydrogens is 767 g/mol. The number of benzene rings is 4. The van der Waals surface area contributed by atoms with Crippen LogP contribution in [0.4, 0.5) is 0 Å². The van der Waals surface area contributed by atoms with Crippen LogP contribution < -0.4 is 24.8 Å². The molecule has 0 N–H and O–H groups in total. The van der Waals surface area contributed by atoms with Gasteiger partial charge in [-0.15, -0.1) is 12.8 Å². The topological polar surface area (TPSA) is 0 Å². The van der Waals surface area contributed by atoms with Crippen LogP contribution in [-0.2, 0) is 34.2 Å². The van der Waals surface area contributed by atoms with Gasteiger partial charge < -0.3 is 24.8 Å². The van der Waals surface area contributed by atoms with Gasteiger partial charge in [-0.1, -0.05) is 173 Å². The Kier molecular flexibility index (Phi) is 16.3. The quantitative estimate of drug-likeness (QED) is 0.159. The number of halogens is 2. The minimum atomic E-state index is 0. The summed E-state index contributed by atoms with van der Waals surface area (Å²) in [6, 6.07) is 45.0. The molecule has 272 valence electrons. The van der Waals surface area contributed by atoms with Crippen molar-refractivity contribution in [2.45, 2.75) is 89.1 Å². The molecule has 2 fully saturated rings. The maximum absolute atomic E-state index is 2.52. The van der Waals surface area contributed by atoms with Gasteiger partial charge in [0.05, 0.1) is 0 Å². The van der Waals surface area contributed by atoms with Gasteiger partial charge in [0.2, 0.25) is 0 Å².